The monoisotopic (exact) mass is 256 g/mol. The summed E-state index contributed by atoms with van der Waals surface area (Å²) < 4.78 is 0. The summed E-state index contributed by atoms with van der Waals surface area (Å²) in [6, 6.07) is 0. The number of rotatable bonds is 4. The molecule has 1 N–H and O–H groups in total. The molecule has 17 heavy (non-hydrogen) atoms. The molecule has 0 radical (unpaired) electrons. The fourth-order valence-corrected chi connectivity index (χ4v) is 3.79. The van der Waals surface area contributed by atoms with Gasteiger partial charge in [-0.25, -0.2) is 0 Å². The van der Waals surface area contributed by atoms with E-state index in [0.29, 0.717) is 12.5 Å². The summed E-state index contributed by atoms with van der Waals surface area (Å²) in [5.74, 6) is 3.69. The second-order valence-corrected chi connectivity index (χ2v) is 6.35. The highest BCUT2D eigenvalue weighted by Gasteiger charge is 2.17. The second-order valence-electron chi connectivity index (χ2n) is 5.13. The van der Waals surface area contributed by atoms with Crippen LogP contribution in [0.4, 0.5) is 0 Å². The quantitative estimate of drug-likeness (QED) is 0.831. The fraction of sp³-hybridized carbons (Fsp3) is 0.923. The molecular formula is C13H24N2OS. The Morgan fingerprint density at radius 1 is 1.18 bits per heavy atom. The molecule has 0 bridgehead atoms. The molecule has 0 aromatic carbocycles. The number of nitrogens with one attached hydrogen (secondary N) is 1. The Morgan fingerprint density at radius 2 is 1.88 bits per heavy atom. The summed E-state index contributed by atoms with van der Waals surface area (Å²) in [6.45, 7) is 3.52. The van der Waals surface area contributed by atoms with Crippen molar-refractivity contribution in [1.29, 1.82) is 0 Å². The summed E-state index contributed by atoms with van der Waals surface area (Å²) in [5, 5.41) is 3.35. The summed E-state index contributed by atoms with van der Waals surface area (Å²) in [6.07, 6.45) is 6.29. The molecule has 4 heteroatoms. The van der Waals surface area contributed by atoms with E-state index in [2.05, 4.69) is 17.1 Å². The summed E-state index contributed by atoms with van der Waals surface area (Å²) in [7, 11) is 0. The Kier molecular flexibility index (Phi) is 5.65. The topological polar surface area (TPSA) is 32.3 Å². The van der Waals surface area contributed by atoms with Gasteiger partial charge in [0.25, 0.3) is 0 Å². The van der Waals surface area contributed by atoms with Gasteiger partial charge < -0.3 is 10.2 Å². The zero-order valence-electron chi connectivity index (χ0n) is 10.6. The van der Waals surface area contributed by atoms with E-state index in [1.165, 1.54) is 43.6 Å². The lowest BCUT2D eigenvalue weighted by Crippen LogP contribution is -2.42. The van der Waals surface area contributed by atoms with Crippen molar-refractivity contribution < 1.29 is 4.79 Å². The molecular weight excluding hydrogens is 232 g/mol. The van der Waals surface area contributed by atoms with Crippen molar-refractivity contribution in [1.82, 2.24) is 10.2 Å². The van der Waals surface area contributed by atoms with E-state index >= 15 is 0 Å². The second kappa shape index (κ2) is 7.27. The average molecular weight is 256 g/mol. The Bertz CT molecular complexity index is 236. The van der Waals surface area contributed by atoms with Gasteiger partial charge >= 0.3 is 0 Å². The van der Waals surface area contributed by atoms with Gasteiger partial charge in [-0.3, -0.25) is 4.79 Å². The molecule has 1 amide bonds. The van der Waals surface area contributed by atoms with Gasteiger partial charge in [0.2, 0.25) is 5.91 Å². The standard InChI is InChI=1S/C13H24N2OS/c16-13(15-6-2-1-3-7-15)11-14-10-12-4-8-17-9-5-12/h12,14H,1-11H2. The van der Waals surface area contributed by atoms with E-state index in [1.807, 2.05) is 4.90 Å². The van der Waals surface area contributed by atoms with Gasteiger partial charge in [0.1, 0.15) is 0 Å². The largest absolute Gasteiger partial charge is 0.342 e. The first kappa shape index (κ1) is 13.2. The van der Waals surface area contributed by atoms with E-state index in [0.717, 1.165) is 25.6 Å². The molecule has 3 nitrogen and oxygen atoms in total. The van der Waals surface area contributed by atoms with Crippen molar-refractivity contribution in [3.8, 4) is 0 Å². The molecule has 98 valence electrons. The van der Waals surface area contributed by atoms with Crippen LogP contribution in [-0.2, 0) is 4.79 Å². The minimum Gasteiger partial charge on any atom is -0.342 e. The number of nitrogens with zero attached hydrogens (tertiary/aromatic N) is 1. The molecule has 0 aromatic heterocycles. The van der Waals surface area contributed by atoms with E-state index in [-0.39, 0.29) is 0 Å². The van der Waals surface area contributed by atoms with Gasteiger partial charge in [0, 0.05) is 13.1 Å². The maximum absolute atomic E-state index is 11.9. The van der Waals surface area contributed by atoms with E-state index in [9.17, 15) is 4.79 Å². The maximum Gasteiger partial charge on any atom is 0.236 e. The van der Waals surface area contributed by atoms with E-state index < -0.39 is 0 Å². The molecule has 0 unspecified atom stereocenters. The third kappa shape index (κ3) is 4.51. The minimum absolute atomic E-state index is 0.301. The highest BCUT2D eigenvalue weighted by molar-refractivity contribution is 7.99. The highest BCUT2D eigenvalue weighted by atomic mass is 32.2. The number of hydrogen-bond acceptors (Lipinski definition) is 3. The lowest BCUT2D eigenvalue weighted by atomic mass is 10.0. The smallest absolute Gasteiger partial charge is 0.236 e. The maximum atomic E-state index is 11.9. The van der Waals surface area contributed by atoms with Gasteiger partial charge in [-0.15, -0.1) is 0 Å². The number of carbonyl (C=O) groups excluding carboxylic acids is 1. The minimum atomic E-state index is 0.301. The van der Waals surface area contributed by atoms with Crippen LogP contribution in [0.5, 0.6) is 0 Å². The predicted molar refractivity (Wildman–Crippen MR) is 73.3 cm³/mol. The molecule has 0 aliphatic carbocycles. The third-order valence-electron chi connectivity index (χ3n) is 3.76. The predicted octanol–water partition coefficient (Wildman–Crippen LogP) is 1.73. The summed E-state index contributed by atoms with van der Waals surface area (Å²) in [4.78, 5) is 13.9. The molecule has 0 spiro atoms. The van der Waals surface area contributed by atoms with Crippen LogP contribution in [0, 0.1) is 5.92 Å². The molecule has 2 saturated heterocycles. The Morgan fingerprint density at radius 3 is 2.59 bits per heavy atom. The molecule has 0 saturated carbocycles. The van der Waals surface area contributed by atoms with Crippen molar-refractivity contribution in [2.24, 2.45) is 5.92 Å². The molecule has 2 aliphatic heterocycles. The molecule has 2 rings (SSSR count). The Labute approximate surface area is 109 Å². The number of hydrogen-bond donors (Lipinski definition) is 1. The molecule has 2 heterocycles. The molecule has 2 aliphatic rings. The lowest BCUT2D eigenvalue weighted by molar-refractivity contribution is -0.131. The van der Waals surface area contributed by atoms with Crippen molar-refractivity contribution in [3.63, 3.8) is 0 Å². The molecule has 0 aromatic rings. The van der Waals surface area contributed by atoms with Gasteiger partial charge in [-0.05, 0) is 56.1 Å². The van der Waals surface area contributed by atoms with Crippen LogP contribution in [-0.4, -0.2) is 48.5 Å². The van der Waals surface area contributed by atoms with Crippen LogP contribution in [0.1, 0.15) is 32.1 Å². The van der Waals surface area contributed by atoms with Crippen LogP contribution in [0.25, 0.3) is 0 Å². The lowest BCUT2D eigenvalue weighted by Gasteiger charge is -2.27. The number of likely N-dealkylation sites (tertiary alicyclic amines) is 1. The Balaban J connectivity index is 1.58. The first-order chi connectivity index (χ1) is 8.36. The third-order valence-corrected chi connectivity index (χ3v) is 4.81. The number of carbonyl (C=O) groups is 1. The van der Waals surface area contributed by atoms with Gasteiger partial charge in [-0.2, -0.15) is 11.8 Å². The fourth-order valence-electron chi connectivity index (χ4n) is 2.59. The van der Waals surface area contributed by atoms with Crippen LogP contribution in [0.3, 0.4) is 0 Å². The van der Waals surface area contributed by atoms with Crippen LogP contribution < -0.4 is 5.32 Å². The van der Waals surface area contributed by atoms with Gasteiger partial charge in [0.05, 0.1) is 6.54 Å². The Hall–Kier alpha value is -0.220. The van der Waals surface area contributed by atoms with Crippen molar-refractivity contribution in [2.75, 3.05) is 37.7 Å². The normalized spacial score (nSPS) is 22.7. The first-order valence-corrected chi connectivity index (χ1v) is 8.08. The number of thioether (sulfide) groups is 1. The van der Waals surface area contributed by atoms with Crippen LogP contribution in [0.15, 0.2) is 0 Å². The van der Waals surface area contributed by atoms with Crippen molar-refractivity contribution in [2.45, 2.75) is 32.1 Å². The van der Waals surface area contributed by atoms with Crippen molar-refractivity contribution in [3.05, 3.63) is 0 Å². The van der Waals surface area contributed by atoms with Crippen LogP contribution in [0.2, 0.25) is 0 Å². The van der Waals surface area contributed by atoms with E-state index in [4.69, 9.17) is 0 Å². The zero-order chi connectivity index (χ0) is 11.9. The van der Waals surface area contributed by atoms with Crippen molar-refractivity contribution >= 4 is 17.7 Å². The molecule has 2 fully saturated rings. The number of amides is 1. The molecule has 0 atom stereocenters. The zero-order valence-corrected chi connectivity index (χ0v) is 11.4. The number of piperidine rings is 1. The van der Waals surface area contributed by atoms with Gasteiger partial charge in [-0.1, -0.05) is 0 Å². The van der Waals surface area contributed by atoms with Gasteiger partial charge in [0.15, 0.2) is 0 Å². The first-order valence-electron chi connectivity index (χ1n) is 6.92. The average Bonchev–Trinajstić information content (AvgIpc) is 2.41. The summed E-state index contributed by atoms with van der Waals surface area (Å²) in [5.41, 5.74) is 0. The highest BCUT2D eigenvalue weighted by Crippen LogP contribution is 2.21. The summed E-state index contributed by atoms with van der Waals surface area (Å²) >= 11 is 2.06. The van der Waals surface area contributed by atoms with Crippen LogP contribution >= 0.6 is 11.8 Å². The SMILES string of the molecule is O=C(CNCC1CCSCC1)N1CCCCC1. The van der Waals surface area contributed by atoms with E-state index in [1.54, 1.807) is 0 Å².